The van der Waals surface area contributed by atoms with Gasteiger partial charge in [0.2, 0.25) is 0 Å². The van der Waals surface area contributed by atoms with E-state index in [2.05, 4.69) is 0 Å². The second-order valence-corrected chi connectivity index (χ2v) is 4.48. The molecule has 0 saturated heterocycles. The first-order valence-electron chi connectivity index (χ1n) is 5.02. The third kappa shape index (κ3) is 2.62. The Morgan fingerprint density at radius 2 is 1.61 bits per heavy atom. The average molecular weight is 291 g/mol. The third-order valence-electron chi connectivity index (χ3n) is 2.48. The summed E-state index contributed by atoms with van der Waals surface area (Å²) >= 11 is 11.6. The van der Waals surface area contributed by atoms with Crippen molar-refractivity contribution in [2.45, 2.75) is 6.43 Å². The SMILES string of the molecule is Fc1ccc(C(F)F)c(-c2ccc(Cl)c(Cl)c2)c1. The van der Waals surface area contributed by atoms with Crippen molar-refractivity contribution in [1.29, 1.82) is 0 Å². The maximum atomic E-state index is 13.2. The minimum Gasteiger partial charge on any atom is -0.207 e. The topological polar surface area (TPSA) is 0 Å². The summed E-state index contributed by atoms with van der Waals surface area (Å²) in [5.74, 6) is -0.583. The second-order valence-electron chi connectivity index (χ2n) is 3.66. The van der Waals surface area contributed by atoms with Crippen LogP contribution in [0.15, 0.2) is 36.4 Å². The summed E-state index contributed by atoms with van der Waals surface area (Å²) < 4.78 is 38.9. The Bertz CT molecular complexity index is 582. The second kappa shape index (κ2) is 5.21. The summed E-state index contributed by atoms with van der Waals surface area (Å²) in [6.45, 7) is 0. The summed E-state index contributed by atoms with van der Waals surface area (Å²) in [7, 11) is 0. The van der Waals surface area contributed by atoms with Crippen LogP contribution in [0.5, 0.6) is 0 Å². The first kappa shape index (κ1) is 13.2. The molecule has 0 N–H and O–H groups in total. The lowest BCUT2D eigenvalue weighted by Gasteiger charge is -2.10. The van der Waals surface area contributed by atoms with Crippen LogP contribution in [0.2, 0.25) is 10.0 Å². The zero-order valence-corrected chi connectivity index (χ0v) is 10.4. The van der Waals surface area contributed by atoms with Crippen molar-refractivity contribution in [2.75, 3.05) is 0 Å². The van der Waals surface area contributed by atoms with E-state index >= 15 is 0 Å². The van der Waals surface area contributed by atoms with E-state index in [1.165, 1.54) is 18.2 Å². The lowest BCUT2D eigenvalue weighted by atomic mass is 10.00. The summed E-state index contributed by atoms with van der Waals surface area (Å²) in [6, 6.07) is 7.57. The van der Waals surface area contributed by atoms with Gasteiger partial charge in [0.05, 0.1) is 10.0 Å². The molecule has 0 fully saturated rings. The quantitative estimate of drug-likeness (QED) is 0.662. The molecule has 0 spiro atoms. The fraction of sp³-hybridized carbons (Fsp3) is 0.0769. The van der Waals surface area contributed by atoms with Crippen LogP contribution in [0.1, 0.15) is 12.0 Å². The van der Waals surface area contributed by atoms with E-state index in [4.69, 9.17) is 23.2 Å². The van der Waals surface area contributed by atoms with Gasteiger partial charge < -0.3 is 0 Å². The molecular weight excluding hydrogens is 284 g/mol. The van der Waals surface area contributed by atoms with Gasteiger partial charge in [0, 0.05) is 5.56 Å². The number of halogens is 5. The largest absolute Gasteiger partial charge is 0.264 e. The highest BCUT2D eigenvalue weighted by atomic mass is 35.5. The van der Waals surface area contributed by atoms with Crippen LogP contribution in [0.4, 0.5) is 13.2 Å². The molecule has 0 aromatic heterocycles. The summed E-state index contributed by atoms with van der Waals surface area (Å²) in [6.07, 6.45) is -2.69. The summed E-state index contributed by atoms with van der Waals surface area (Å²) in [5, 5.41) is 0.550. The molecule has 0 amide bonds. The zero-order valence-electron chi connectivity index (χ0n) is 8.93. The number of hydrogen-bond acceptors (Lipinski definition) is 0. The highest BCUT2D eigenvalue weighted by molar-refractivity contribution is 6.42. The van der Waals surface area contributed by atoms with Crippen LogP contribution in [0, 0.1) is 5.82 Å². The molecule has 0 radical (unpaired) electrons. The molecule has 18 heavy (non-hydrogen) atoms. The maximum absolute atomic E-state index is 13.2. The van der Waals surface area contributed by atoms with E-state index in [1.807, 2.05) is 0 Å². The van der Waals surface area contributed by atoms with Crippen molar-refractivity contribution in [3.8, 4) is 11.1 Å². The molecule has 0 bridgehead atoms. The Labute approximate surface area is 112 Å². The van der Waals surface area contributed by atoms with Gasteiger partial charge in [-0.3, -0.25) is 0 Å². The van der Waals surface area contributed by atoms with Gasteiger partial charge in [-0.1, -0.05) is 29.3 Å². The van der Waals surface area contributed by atoms with Crippen LogP contribution in [-0.4, -0.2) is 0 Å². The minimum absolute atomic E-state index is 0.114. The molecule has 0 saturated carbocycles. The van der Waals surface area contributed by atoms with Gasteiger partial charge in [0.15, 0.2) is 0 Å². The molecule has 0 aliphatic carbocycles. The van der Waals surface area contributed by atoms with Gasteiger partial charge in [0.25, 0.3) is 6.43 Å². The molecule has 0 heterocycles. The molecule has 2 aromatic rings. The summed E-state index contributed by atoms with van der Waals surface area (Å²) in [5.41, 5.74) is 0.276. The fourth-order valence-electron chi connectivity index (χ4n) is 1.63. The molecule has 0 aliphatic heterocycles. The minimum atomic E-state index is -2.69. The molecule has 94 valence electrons. The Hall–Kier alpha value is -1.19. The van der Waals surface area contributed by atoms with Gasteiger partial charge >= 0.3 is 0 Å². The molecule has 0 nitrogen and oxygen atoms in total. The Balaban J connectivity index is 2.61. The van der Waals surface area contributed by atoms with Crippen LogP contribution in [-0.2, 0) is 0 Å². The van der Waals surface area contributed by atoms with Gasteiger partial charge in [-0.05, 0) is 41.5 Å². The van der Waals surface area contributed by atoms with Gasteiger partial charge in [0.1, 0.15) is 5.82 Å². The zero-order chi connectivity index (χ0) is 13.3. The molecule has 0 atom stereocenters. The smallest absolute Gasteiger partial charge is 0.207 e. The first-order chi connectivity index (χ1) is 8.49. The van der Waals surface area contributed by atoms with E-state index < -0.39 is 12.2 Å². The van der Waals surface area contributed by atoms with Crippen molar-refractivity contribution in [3.63, 3.8) is 0 Å². The van der Waals surface area contributed by atoms with Crippen LogP contribution < -0.4 is 0 Å². The first-order valence-corrected chi connectivity index (χ1v) is 5.77. The van der Waals surface area contributed by atoms with Crippen molar-refractivity contribution in [3.05, 3.63) is 57.8 Å². The van der Waals surface area contributed by atoms with Crippen molar-refractivity contribution < 1.29 is 13.2 Å². The van der Waals surface area contributed by atoms with E-state index in [9.17, 15) is 13.2 Å². The molecule has 0 unspecified atom stereocenters. The molecule has 0 aliphatic rings. The van der Waals surface area contributed by atoms with Crippen LogP contribution in [0.3, 0.4) is 0 Å². The molecule has 5 heteroatoms. The van der Waals surface area contributed by atoms with Crippen molar-refractivity contribution in [2.24, 2.45) is 0 Å². The third-order valence-corrected chi connectivity index (χ3v) is 3.22. The number of alkyl halides is 2. The Kier molecular flexibility index (Phi) is 3.83. The van der Waals surface area contributed by atoms with E-state index in [0.29, 0.717) is 10.6 Å². The van der Waals surface area contributed by atoms with Gasteiger partial charge in [-0.15, -0.1) is 0 Å². The molecule has 2 aromatic carbocycles. The average Bonchev–Trinajstić information content (AvgIpc) is 2.32. The lowest BCUT2D eigenvalue weighted by Crippen LogP contribution is -1.92. The van der Waals surface area contributed by atoms with E-state index in [-0.39, 0.29) is 16.1 Å². The van der Waals surface area contributed by atoms with E-state index in [1.54, 1.807) is 0 Å². The number of benzene rings is 2. The van der Waals surface area contributed by atoms with Gasteiger partial charge in [-0.2, -0.15) is 0 Å². The number of hydrogen-bond donors (Lipinski definition) is 0. The lowest BCUT2D eigenvalue weighted by molar-refractivity contribution is 0.152. The van der Waals surface area contributed by atoms with E-state index in [0.717, 1.165) is 18.2 Å². The molecular formula is C13H7Cl2F3. The van der Waals surface area contributed by atoms with Crippen molar-refractivity contribution in [1.82, 2.24) is 0 Å². The maximum Gasteiger partial charge on any atom is 0.264 e. The monoisotopic (exact) mass is 290 g/mol. The highest BCUT2D eigenvalue weighted by Gasteiger charge is 2.15. The number of rotatable bonds is 2. The predicted molar refractivity (Wildman–Crippen MR) is 66.8 cm³/mol. The molecule has 2 rings (SSSR count). The van der Waals surface area contributed by atoms with Crippen LogP contribution in [0.25, 0.3) is 11.1 Å². The normalized spacial score (nSPS) is 11.0. The predicted octanol–water partition coefficient (Wildman–Crippen LogP) is 5.74. The highest BCUT2D eigenvalue weighted by Crippen LogP contribution is 2.34. The standard InChI is InChI=1S/C13H7Cl2F3/c14-11-4-1-7(5-12(11)15)10-6-8(16)2-3-9(10)13(17)18/h1-6,13H. The van der Waals surface area contributed by atoms with Gasteiger partial charge in [-0.25, -0.2) is 13.2 Å². The Morgan fingerprint density at radius 3 is 2.22 bits per heavy atom. The van der Waals surface area contributed by atoms with Crippen molar-refractivity contribution >= 4 is 23.2 Å². The van der Waals surface area contributed by atoms with Crippen LogP contribution >= 0.6 is 23.2 Å². The Morgan fingerprint density at radius 1 is 0.889 bits per heavy atom. The fourth-order valence-corrected chi connectivity index (χ4v) is 1.93. The summed E-state index contributed by atoms with van der Waals surface area (Å²) in [4.78, 5) is 0.